The molecular weight excluding hydrogens is 447 g/mol. The molecule has 5 heteroatoms. The minimum atomic E-state index is 0. The number of guanidine groups is 1. The van der Waals surface area contributed by atoms with Gasteiger partial charge in [-0.2, -0.15) is 0 Å². The number of likely N-dealkylation sites (tertiary alicyclic amines) is 2. The molecule has 0 saturated carbocycles. The average Bonchev–Trinajstić information content (AvgIpc) is 3.14. The Balaban J connectivity index is 0.00000261. The molecule has 2 aliphatic heterocycles. The smallest absolute Gasteiger partial charge is 0.193 e. The predicted molar refractivity (Wildman–Crippen MR) is 126 cm³/mol. The second-order valence-electron chi connectivity index (χ2n) is 7.97. The number of hydrogen-bond acceptors (Lipinski definition) is 2. The maximum absolute atomic E-state index is 5.02. The first-order chi connectivity index (χ1) is 12.7. The van der Waals surface area contributed by atoms with Crippen molar-refractivity contribution in [2.45, 2.75) is 39.5 Å². The second-order valence-corrected chi connectivity index (χ2v) is 7.97. The summed E-state index contributed by atoms with van der Waals surface area (Å²) in [5, 5.41) is 3.54. The van der Waals surface area contributed by atoms with E-state index in [1.807, 2.05) is 0 Å². The quantitative estimate of drug-likeness (QED) is 0.389. The number of nitrogens with zero attached hydrogens (tertiary/aromatic N) is 3. The Morgan fingerprint density at radius 3 is 2.52 bits per heavy atom. The molecule has 0 aliphatic carbocycles. The van der Waals surface area contributed by atoms with Gasteiger partial charge >= 0.3 is 0 Å². The first-order valence-corrected chi connectivity index (χ1v) is 10.5. The summed E-state index contributed by atoms with van der Waals surface area (Å²) in [5.41, 5.74) is 1.49. The van der Waals surface area contributed by atoms with Gasteiger partial charge in [-0.1, -0.05) is 44.2 Å². The summed E-state index contributed by atoms with van der Waals surface area (Å²) in [4.78, 5) is 10.1. The third kappa shape index (κ3) is 6.08. The number of hydrogen-bond donors (Lipinski definition) is 1. The van der Waals surface area contributed by atoms with Crippen molar-refractivity contribution in [3.05, 3.63) is 35.9 Å². The maximum atomic E-state index is 5.02. The normalized spacial score (nSPS) is 26.7. The van der Waals surface area contributed by atoms with E-state index in [-0.39, 0.29) is 24.0 Å². The minimum Gasteiger partial charge on any atom is -0.357 e. The highest BCUT2D eigenvalue weighted by molar-refractivity contribution is 14.0. The summed E-state index contributed by atoms with van der Waals surface area (Å²) in [6.45, 7) is 14.5. The van der Waals surface area contributed by atoms with Crippen LogP contribution in [-0.4, -0.2) is 61.6 Å². The van der Waals surface area contributed by atoms with Gasteiger partial charge < -0.3 is 15.1 Å². The van der Waals surface area contributed by atoms with E-state index in [4.69, 9.17) is 4.99 Å². The predicted octanol–water partition coefficient (Wildman–Crippen LogP) is 4.04. The van der Waals surface area contributed by atoms with Crippen molar-refractivity contribution >= 4 is 29.9 Å². The van der Waals surface area contributed by atoms with Gasteiger partial charge in [0.15, 0.2) is 5.96 Å². The van der Waals surface area contributed by atoms with E-state index in [2.05, 4.69) is 66.2 Å². The van der Waals surface area contributed by atoms with Crippen LogP contribution in [0.5, 0.6) is 0 Å². The SMILES string of the molecule is CCNC(=NCC1CCN(CC)C1)N1CCC(c2ccccc2)C(C)C1.I. The molecule has 27 heavy (non-hydrogen) atoms. The molecule has 2 heterocycles. The Morgan fingerprint density at radius 1 is 1.11 bits per heavy atom. The van der Waals surface area contributed by atoms with Gasteiger partial charge in [-0.15, -0.1) is 24.0 Å². The van der Waals surface area contributed by atoms with Crippen LogP contribution in [0.1, 0.15) is 45.1 Å². The number of piperidine rings is 1. The molecular formula is C22H37IN4. The molecule has 1 aromatic rings. The summed E-state index contributed by atoms with van der Waals surface area (Å²) in [7, 11) is 0. The molecule has 0 bridgehead atoms. The number of rotatable bonds is 5. The number of halogens is 1. The zero-order valence-electron chi connectivity index (χ0n) is 17.2. The third-order valence-corrected chi connectivity index (χ3v) is 6.08. The molecule has 0 spiro atoms. The first-order valence-electron chi connectivity index (χ1n) is 10.5. The molecule has 2 aliphatic rings. The van der Waals surface area contributed by atoms with E-state index in [1.165, 1.54) is 38.0 Å². The average molecular weight is 484 g/mol. The summed E-state index contributed by atoms with van der Waals surface area (Å²) in [5.74, 6) is 3.17. The molecule has 2 saturated heterocycles. The van der Waals surface area contributed by atoms with E-state index in [9.17, 15) is 0 Å². The van der Waals surface area contributed by atoms with Crippen molar-refractivity contribution in [3.63, 3.8) is 0 Å². The Morgan fingerprint density at radius 2 is 1.89 bits per heavy atom. The fraction of sp³-hybridized carbons (Fsp3) is 0.682. The number of benzene rings is 1. The molecule has 3 rings (SSSR count). The van der Waals surface area contributed by atoms with Crippen LogP contribution in [0.25, 0.3) is 0 Å². The van der Waals surface area contributed by atoms with Crippen LogP contribution in [-0.2, 0) is 0 Å². The van der Waals surface area contributed by atoms with Crippen LogP contribution in [0.4, 0.5) is 0 Å². The van der Waals surface area contributed by atoms with Crippen LogP contribution in [0, 0.1) is 11.8 Å². The van der Waals surface area contributed by atoms with E-state index < -0.39 is 0 Å². The standard InChI is InChI=1S/C22H36N4.HI/c1-4-23-22(24-15-19-11-13-25(5-2)17-19)26-14-12-21(18(3)16-26)20-9-7-6-8-10-20;/h6-10,18-19,21H,4-5,11-17H2,1-3H3,(H,23,24);1H. The zero-order chi connectivity index (χ0) is 18.4. The molecule has 3 unspecified atom stereocenters. The Bertz CT molecular complexity index is 577. The van der Waals surface area contributed by atoms with Gasteiger partial charge in [0, 0.05) is 32.7 Å². The number of aliphatic imine (C=N–C) groups is 1. The summed E-state index contributed by atoms with van der Waals surface area (Å²) < 4.78 is 0. The lowest BCUT2D eigenvalue weighted by atomic mass is 9.82. The largest absolute Gasteiger partial charge is 0.357 e. The molecule has 0 radical (unpaired) electrons. The van der Waals surface area contributed by atoms with Crippen LogP contribution >= 0.6 is 24.0 Å². The third-order valence-electron chi connectivity index (χ3n) is 6.08. The maximum Gasteiger partial charge on any atom is 0.193 e. The van der Waals surface area contributed by atoms with Crippen molar-refractivity contribution in [2.75, 3.05) is 45.8 Å². The van der Waals surface area contributed by atoms with Crippen molar-refractivity contribution < 1.29 is 0 Å². The van der Waals surface area contributed by atoms with Gasteiger partial charge in [-0.3, -0.25) is 4.99 Å². The molecule has 4 nitrogen and oxygen atoms in total. The lowest BCUT2D eigenvalue weighted by Crippen LogP contribution is -2.48. The van der Waals surface area contributed by atoms with Crippen LogP contribution in [0.15, 0.2) is 35.3 Å². The van der Waals surface area contributed by atoms with E-state index >= 15 is 0 Å². The molecule has 2 fully saturated rings. The van der Waals surface area contributed by atoms with Crippen LogP contribution in [0.3, 0.4) is 0 Å². The summed E-state index contributed by atoms with van der Waals surface area (Å²) in [6, 6.07) is 11.0. The van der Waals surface area contributed by atoms with Gasteiger partial charge in [-0.05, 0) is 56.2 Å². The van der Waals surface area contributed by atoms with Gasteiger partial charge in [0.05, 0.1) is 0 Å². The molecule has 1 N–H and O–H groups in total. The van der Waals surface area contributed by atoms with E-state index in [1.54, 1.807) is 0 Å². The summed E-state index contributed by atoms with van der Waals surface area (Å²) >= 11 is 0. The summed E-state index contributed by atoms with van der Waals surface area (Å²) in [6.07, 6.45) is 2.51. The van der Waals surface area contributed by atoms with Crippen molar-refractivity contribution in [1.29, 1.82) is 0 Å². The van der Waals surface area contributed by atoms with Gasteiger partial charge in [0.1, 0.15) is 0 Å². The molecule has 3 atom stereocenters. The van der Waals surface area contributed by atoms with Crippen molar-refractivity contribution in [2.24, 2.45) is 16.8 Å². The molecule has 152 valence electrons. The highest BCUT2D eigenvalue weighted by Crippen LogP contribution is 2.32. The monoisotopic (exact) mass is 484 g/mol. The molecule has 1 aromatic carbocycles. The number of nitrogens with one attached hydrogen (secondary N) is 1. The lowest BCUT2D eigenvalue weighted by Gasteiger charge is -2.39. The van der Waals surface area contributed by atoms with Gasteiger partial charge in [-0.25, -0.2) is 0 Å². The molecule has 0 aromatic heterocycles. The minimum absolute atomic E-state index is 0. The van der Waals surface area contributed by atoms with Crippen LogP contribution in [0.2, 0.25) is 0 Å². The van der Waals surface area contributed by atoms with E-state index in [0.717, 1.165) is 38.1 Å². The van der Waals surface area contributed by atoms with Gasteiger partial charge in [0.2, 0.25) is 0 Å². The Labute approximate surface area is 182 Å². The zero-order valence-corrected chi connectivity index (χ0v) is 19.6. The van der Waals surface area contributed by atoms with E-state index in [0.29, 0.717) is 11.8 Å². The van der Waals surface area contributed by atoms with Crippen LogP contribution < -0.4 is 5.32 Å². The van der Waals surface area contributed by atoms with Gasteiger partial charge in [0.25, 0.3) is 0 Å². The van der Waals surface area contributed by atoms with Crippen molar-refractivity contribution in [3.8, 4) is 0 Å². The second kappa shape index (κ2) is 11.2. The first kappa shape index (κ1) is 22.5. The topological polar surface area (TPSA) is 30.9 Å². The Kier molecular flexibility index (Phi) is 9.36. The lowest BCUT2D eigenvalue weighted by molar-refractivity contribution is 0.234. The fourth-order valence-corrected chi connectivity index (χ4v) is 4.52. The highest BCUT2D eigenvalue weighted by atomic mass is 127. The fourth-order valence-electron chi connectivity index (χ4n) is 4.52. The Hall–Kier alpha value is -0.820. The van der Waals surface area contributed by atoms with Crippen molar-refractivity contribution in [1.82, 2.24) is 15.1 Å². The molecule has 0 amide bonds. The highest BCUT2D eigenvalue weighted by Gasteiger charge is 2.29.